The molecule has 0 amide bonds. The normalized spacial score (nSPS) is 15.6. The first kappa shape index (κ1) is 18.8. The largest absolute Gasteiger partial charge is 0.490 e. The van der Waals surface area contributed by atoms with Crippen LogP contribution in [0.2, 0.25) is 0 Å². The third kappa shape index (κ3) is 4.53. The summed E-state index contributed by atoms with van der Waals surface area (Å²) >= 11 is 2.16. The van der Waals surface area contributed by atoms with E-state index in [1.807, 2.05) is 19.1 Å². The molecule has 0 N–H and O–H groups in total. The molecule has 1 saturated carbocycles. The first-order chi connectivity index (χ1) is 11.5. The van der Waals surface area contributed by atoms with E-state index in [4.69, 9.17) is 14.2 Å². The summed E-state index contributed by atoms with van der Waals surface area (Å²) < 4.78 is 17.8. The van der Waals surface area contributed by atoms with Gasteiger partial charge in [-0.3, -0.25) is 0 Å². The van der Waals surface area contributed by atoms with Crippen LogP contribution in [0.3, 0.4) is 0 Å². The molecule has 1 aliphatic rings. The van der Waals surface area contributed by atoms with Gasteiger partial charge in [0.05, 0.1) is 10.2 Å². The van der Waals surface area contributed by atoms with Crippen molar-refractivity contribution in [2.45, 2.75) is 38.2 Å². The zero-order valence-electron chi connectivity index (χ0n) is 14.0. The van der Waals surface area contributed by atoms with Crippen LogP contribution in [0, 0.1) is 3.57 Å². The lowest BCUT2D eigenvalue weighted by Gasteiger charge is -2.25. The number of carbonyl (C=O) groups is 1. The quantitative estimate of drug-likeness (QED) is 0.331. The van der Waals surface area contributed by atoms with Crippen molar-refractivity contribution in [1.29, 1.82) is 0 Å². The number of benzene rings is 1. The Bertz CT molecular complexity index is 618. The molecule has 130 valence electrons. The van der Waals surface area contributed by atoms with Crippen molar-refractivity contribution in [3.05, 3.63) is 40.5 Å². The van der Waals surface area contributed by atoms with E-state index >= 15 is 0 Å². The van der Waals surface area contributed by atoms with Crippen molar-refractivity contribution in [2.24, 2.45) is 0 Å². The van der Waals surface area contributed by atoms with E-state index in [1.165, 1.54) is 0 Å². The van der Waals surface area contributed by atoms with Gasteiger partial charge in [-0.25, -0.2) is 4.79 Å². The molecule has 0 aliphatic heterocycles. The molecule has 1 fully saturated rings. The van der Waals surface area contributed by atoms with E-state index < -0.39 is 5.60 Å². The monoisotopic (exact) mass is 442 g/mol. The number of halogens is 1. The number of ether oxygens (including phenoxy) is 3. The SMILES string of the molecule is C=Cc1cc(I)c(OCC(=O)OC2(C=C)CCCC2)c(OCC)c1. The fourth-order valence-corrected chi connectivity index (χ4v) is 3.60. The average molecular weight is 442 g/mol. The van der Waals surface area contributed by atoms with Gasteiger partial charge in [-0.05, 0) is 79.0 Å². The van der Waals surface area contributed by atoms with Gasteiger partial charge in [-0.1, -0.05) is 19.2 Å². The van der Waals surface area contributed by atoms with Gasteiger partial charge < -0.3 is 14.2 Å². The lowest BCUT2D eigenvalue weighted by atomic mass is 10.0. The third-order valence-electron chi connectivity index (χ3n) is 4.04. The van der Waals surface area contributed by atoms with Crippen LogP contribution >= 0.6 is 22.6 Å². The van der Waals surface area contributed by atoms with Crippen molar-refractivity contribution < 1.29 is 19.0 Å². The zero-order valence-corrected chi connectivity index (χ0v) is 16.1. The van der Waals surface area contributed by atoms with Gasteiger partial charge >= 0.3 is 5.97 Å². The van der Waals surface area contributed by atoms with Crippen molar-refractivity contribution in [3.63, 3.8) is 0 Å². The number of hydrogen-bond donors (Lipinski definition) is 0. The van der Waals surface area contributed by atoms with Crippen molar-refractivity contribution in [3.8, 4) is 11.5 Å². The van der Waals surface area contributed by atoms with Crippen LogP contribution in [0.25, 0.3) is 6.08 Å². The molecule has 5 heteroatoms. The number of esters is 1. The Morgan fingerprint density at radius 1 is 1.29 bits per heavy atom. The summed E-state index contributed by atoms with van der Waals surface area (Å²) in [7, 11) is 0. The lowest BCUT2D eigenvalue weighted by molar-refractivity contribution is -0.157. The molecule has 0 atom stereocenters. The topological polar surface area (TPSA) is 44.8 Å². The summed E-state index contributed by atoms with van der Waals surface area (Å²) in [5.41, 5.74) is 0.414. The molecule has 0 unspecified atom stereocenters. The first-order valence-corrected chi connectivity index (χ1v) is 9.18. The van der Waals surface area contributed by atoms with E-state index in [2.05, 4.69) is 35.7 Å². The van der Waals surface area contributed by atoms with E-state index in [0.29, 0.717) is 18.1 Å². The van der Waals surface area contributed by atoms with Crippen LogP contribution < -0.4 is 9.47 Å². The second-order valence-corrected chi connectivity index (χ2v) is 6.87. The number of carbonyl (C=O) groups excluding carboxylic acids is 1. The molecule has 0 spiro atoms. The Morgan fingerprint density at radius 3 is 2.58 bits per heavy atom. The fraction of sp³-hybridized carbons (Fsp3) is 0.421. The second kappa shape index (κ2) is 8.55. The first-order valence-electron chi connectivity index (χ1n) is 8.10. The smallest absolute Gasteiger partial charge is 0.345 e. The molecular formula is C19H23IO4. The highest BCUT2D eigenvalue weighted by molar-refractivity contribution is 14.1. The summed E-state index contributed by atoms with van der Waals surface area (Å²) in [6, 6.07) is 3.78. The molecule has 4 nitrogen and oxygen atoms in total. The van der Waals surface area contributed by atoms with E-state index in [0.717, 1.165) is 34.8 Å². The fourth-order valence-electron chi connectivity index (χ4n) is 2.82. The number of rotatable bonds is 8. The Balaban J connectivity index is 2.06. The minimum atomic E-state index is -0.525. The Hall–Kier alpha value is -1.50. The predicted octanol–water partition coefficient (Wildman–Crippen LogP) is 4.75. The minimum absolute atomic E-state index is 0.154. The minimum Gasteiger partial charge on any atom is -0.490 e. The Kier molecular flexibility index (Phi) is 6.71. The molecule has 0 aromatic heterocycles. The van der Waals surface area contributed by atoms with Crippen molar-refractivity contribution >= 4 is 34.6 Å². The van der Waals surface area contributed by atoms with E-state index in [9.17, 15) is 4.79 Å². The van der Waals surface area contributed by atoms with E-state index in [1.54, 1.807) is 12.2 Å². The standard InChI is InChI=1S/C19H23IO4/c1-4-14-11-15(20)18(16(12-14)22-6-3)23-13-17(21)24-19(5-2)9-7-8-10-19/h4-5,11-12H,1-2,6-10,13H2,3H3. The molecule has 24 heavy (non-hydrogen) atoms. The summed E-state index contributed by atoms with van der Waals surface area (Å²) in [5.74, 6) is 0.772. The predicted molar refractivity (Wildman–Crippen MR) is 103 cm³/mol. The maximum Gasteiger partial charge on any atom is 0.345 e. The summed E-state index contributed by atoms with van der Waals surface area (Å²) in [6.45, 7) is 9.84. The van der Waals surface area contributed by atoms with Gasteiger partial charge in [0.2, 0.25) is 0 Å². The van der Waals surface area contributed by atoms with Crippen LogP contribution in [0.1, 0.15) is 38.2 Å². The number of hydrogen-bond acceptors (Lipinski definition) is 4. The highest BCUT2D eigenvalue weighted by Gasteiger charge is 2.34. The molecule has 0 radical (unpaired) electrons. The molecule has 2 rings (SSSR count). The van der Waals surface area contributed by atoms with Crippen LogP contribution in [-0.2, 0) is 9.53 Å². The maximum absolute atomic E-state index is 12.2. The van der Waals surface area contributed by atoms with Gasteiger partial charge in [-0.2, -0.15) is 0 Å². The third-order valence-corrected chi connectivity index (χ3v) is 4.84. The van der Waals surface area contributed by atoms with Gasteiger partial charge in [0.25, 0.3) is 0 Å². The molecule has 0 heterocycles. The highest BCUT2D eigenvalue weighted by atomic mass is 127. The molecule has 0 saturated heterocycles. The van der Waals surface area contributed by atoms with Crippen LogP contribution in [0.5, 0.6) is 11.5 Å². The second-order valence-electron chi connectivity index (χ2n) is 5.71. The van der Waals surface area contributed by atoms with Crippen molar-refractivity contribution in [2.75, 3.05) is 13.2 Å². The zero-order chi connectivity index (χ0) is 17.6. The van der Waals surface area contributed by atoms with Crippen molar-refractivity contribution in [1.82, 2.24) is 0 Å². The molecule has 0 bridgehead atoms. The summed E-state index contributed by atoms with van der Waals surface area (Å²) in [4.78, 5) is 12.2. The molecule has 1 aliphatic carbocycles. The summed E-state index contributed by atoms with van der Waals surface area (Å²) in [5, 5.41) is 0. The Morgan fingerprint density at radius 2 is 2.00 bits per heavy atom. The van der Waals surface area contributed by atoms with Gasteiger partial charge in [-0.15, -0.1) is 0 Å². The van der Waals surface area contributed by atoms with Crippen LogP contribution in [0.4, 0.5) is 0 Å². The van der Waals surface area contributed by atoms with Crippen LogP contribution in [0.15, 0.2) is 31.4 Å². The molecule has 1 aromatic rings. The lowest BCUT2D eigenvalue weighted by Crippen LogP contribution is -2.31. The van der Waals surface area contributed by atoms with Gasteiger partial charge in [0, 0.05) is 0 Å². The van der Waals surface area contributed by atoms with Crippen LogP contribution in [-0.4, -0.2) is 24.8 Å². The van der Waals surface area contributed by atoms with E-state index in [-0.39, 0.29) is 12.6 Å². The summed E-state index contributed by atoms with van der Waals surface area (Å²) in [6.07, 6.45) is 7.25. The average Bonchev–Trinajstić information content (AvgIpc) is 3.03. The van der Waals surface area contributed by atoms with Gasteiger partial charge in [0.1, 0.15) is 5.60 Å². The molecular weight excluding hydrogens is 419 g/mol. The van der Waals surface area contributed by atoms with Gasteiger partial charge in [0.15, 0.2) is 18.1 Å². The molecule has 1 aromatic carbocycles. The highest BCUT2D eigenvalue weighted by Crippen LogP contribution is 2.36. The Labute approximate surface area is 157 Å². The maximum atomic E-state index is 12.2.